The second-order valence-electron chi connectivity index (χ2n) is 3.74. The van der Waals surface area contributed by atoms with Gasteiger partial charge in [0.15, 0.2) is 0 Å². The van der Waals surface area contributed by atoms with Crippen LogP contribution in [0.5, 0.6) is 0 Å². The maximum atomic E-state index is 10.0. The Kier molecular flexibility index (Phi) is 4.53. The van der Waals surface area contributed by atoms with Gasteiger partial charge >= 0.3 is 0 Å². The van der Waals surface area contributed by atoms with Gasteiger partial charge in [0.25, 0.3) is 0 Å². The molecule has 2 heteroatoms. The summed E-state index contributed by atoms with van der Waals surface area (Å²) < 4.78 is 5.55. The van der Waals surface area contributed by atoms with Crippen molar-refractivity contribution in [1.29, 1.82) is 0 Å². The summed E-state index contributed by atoms with van der Waals surface area (Å²) in [6.45, 7) is 7.55. The first-order chi connectivity index (χ1) is 7.15. The third-order valence-electron chi connectivity index (χ3n) is 2.11. The molecule has 2 atom stereocenters. The van der Waals surface area contributed by atoms with Gasteiger partial charge in [0.1, 0.15) is 12.2 Å². The molecule has 2 nitrogen and oxygen atoms in total. The topological polar surface area (TPSA) is 29.5 Å². The van der Waals surface area contributed by atoms with E-state index in [4.69, 9.17) is 4.74 Å². The molecule has 0 amide bonds. The Morgan fingerprint density at radius 1 is 1.27 bits per heavy atom. The SMILES string of the molecule is C=CC(OC(C)C)C(O)c1ccccc1. The van der Waals surface area contributed by atoms with Gasteiger partial charge in [-0.3, -0.25) is 0 Å². The maximum absolute atomic E-state index is 10.0. The third-order valence-corrected chi connectivity index (χ3v) is 2.11. The number of aliphatic hydroxyl groups is 1. The molecule has 1 aromatic rings. The quantitative estimate of drug-likeness (QED) is 0.750. The molecule has 1 N–H and O–H groups in total. The van der Waals surface area contributed by atoms with E-state index < -0.39 is 6.10 Å². The average Bonchev–Trinajstić information content (AvgIpc) is 2.26. The van der Waals surface area contributed by atoms with E-state index in [0.29, 0.717) is 0 Å². The smallest absolute Gasteiger partial charge is 0.109 e. The van der Waals surface area contributed by atoms with Crippen molar-refractivity contribution in [3.8, 4) is 0 Å². The minimum Gasteiger partial charge on any atom is -0.385 e. The Labute approximate surface area is 91.2 Å². The van der Waals surface area contributed by atoms with Crippen LogP contribution in [-0.4, -0.2) is 17.3 Å². The Morgan fingerprint density at radius 2 is 1.87 bits per heavy atom. The Balaban J connectivity index is 2.73. The van der Waals surface area contributed by atoms with Crippen LogP contribution < -0.4 is 0 Å². The molecular formula is C13H18O2. The van der Waals surface area contributed by atoms with Crippen LogP contribution in [0.3, 0.4) is 0 Å². The predicted molar refractivity (Wildman–Crippen MR) is 61.6 cm³/mol. The summed E-state index contributed by atoms with van der Waals surface area (Å²) >= 11 is 0. The molecule has 0 heterocycles. The van der Waals surface area contributed by atoms with Crippen LogP contribution in [0.1, 0.15) is 25.5 Å². The van der Waals surface area contributed by atoms with Gasteiger partial charge in [-0.15, -0.1) is 6.58 Å². The highest BCUT2D eigenvalue weighted by Gasteiger charge is 2.19. The summed E-state index contributed by atoms with van der Waals surface area (Å²) in [5.74, 6) is 0. The molecule has 0 saturated carbocycles. The van der Waals surface area contributed by atoms with Crippen LogP contribution in [0.4, 0.5) is 0 Å². The van der Waals surface area contributed by atoms with E-state index >= 15 is 0 Å². The minimum absolute atomic E-state index is 0.0753. The van der Waals surface area contributed by atoms with Gasteiger partial charge in [-0.05, 0) is 19.4 Å². The molecule has 0 spiro atoms. The molecular weight excluding hydrogens is 188 g/mol. The second kappa shape index (κ2) is 5.69. The summed E-state index contributed by atoms with van der Waals surface area (Å²) in [5.41, 5.74) is 0.850. The molecule has 0 aliphatic carbocycles. The van der Waals surface area contributed by atoms with E-state index in [1.807, 2.05) is 44.2 Å². The highest BCUT2D eigenvalue weighted by atomic mass is 16.5. The highest BCUT2D eigenvalue weighted by molar-refractivity contribution is 5.19. The standard InChI is InChI=1S/C13H18O2/c1-4-12(15-10(2)3)13(14)11-8-6-5-7-9-11/h4-10,12-14H,1H2,2-3H3. The number of hydrogen-bond donors (Lipinski definition) is 1. The van der Waals surface area contributed by atoms with Crippen LogP contribution in [0.15, 0.2) is 43.0 Å². The van der Waals surface area contributed by atoms with Crippen LogP contribution in [-0.2, 0) is 4.74 Å². The van der Waals surface area contributed by atoms with Gasteiger partial charge in [-0.25, -0.2) is 0 Å². The molecule has 0 bridgehead atoms. The zero-order valence-electron chi connectivity index (χ0n) is 9.26. The van der Waals surface area contributed by atoms with Gasteiger partial charge in [0.05, 0.1) is 6.10 Å². The summed E-state index contributed by atoms with van der Waals surface area (Å²) in [6, 6.07) is 9.47. The number of benzene rings is 1. The third kappa shape index (κ3) is 3.50. The normalized spacial score (nSPS) is 14.9. The number of ether oxygens (including phenoxy) is 1. The van der Waals surface area contributed by atoms with Crippen LogP contribution in [0, 0.1) is 0 Å². The fourth-order valence-electron chi connectivity index (χ4n) is 1.41. The van der Waals surface area contributed by atoms with Gasteiger partial charge in [-0.1, -0.05) is 36.4 Å². The van der Waals surface area contributed by atoms with Gasteiger partial charge < -0.3 is 9.84 Å². The number of hydrogen-bond acceptors (Lipinski definition) is 2. The van der Waals surface area contributed by atoms with E-state index in [-0.39, 0.29) is 12.2 Å². The maximum Gasteiger partial charge on any atom is 0.109 e. The van der Waals surface area contributed by atoms with Crippen LogP contribution in [0.25, 0.3) is 0 Å². The molecule has 0 aromatic heterocycles. The monoisotopic (exact) mass is 206 g/mol. The predicted octanol–water partition coefficient (Wildman–Crippen LogP) is 2.70. The van der Waals surface area contributed by atoms with Crippen molar-refractivity contribution >= 4 is 0 Å². The van der Waals surface area contributed by atoms with Crippen molar-refractivity contribution in [3.63, 3.8) is 0 Å². The lowest BCUT2D eigenvalue weighted by Gasteiger charge is -2.22. The summed E-state index contributed by atoms with van der Waals surface area (Å²) in [7, 11) is 0. The van der Waals surface area contributed by atoms with Crippen molar-refractivity contribution in [2.24, 2.45) is 0 Å². The molecule has 1 rings (SSSR count). The lowest BCUT2D eigenvalue weighted by molar-refractivity contribution is -0.0401. The van der Waals surface area contributed by atoms with E-state index in [2.05, 4.69) is 6.58 Å². The number of rotatable bonds is 5. The van der Waals surface area contributed by atoms with Crippen molar-refractivity contribution in [2.75, 3.05) is 0 Å². The fraction of sp³-hybridized carbons (Fsp3) is 0.385. The van der Waals surface area contributed by atoms with Crippen LogP contribution in [0.2, 0.25) is 0 Å². The molecule has 2 unspecified atom stereocenters. The zero-order chi connectivity index (χ0) is 11.3. The summed E-state index contributed by atoms with van der Waals surface area (Å²) in [4.78, 5) is 0. The average molecular weight is 206 g/mol. The second-order valence-corrected chi connectivity index (χ2v) is 3.74. The minimum atomic E-state index is -0.647. The Morgan fingerprint density at radius 3 is 2.33 bits per heavy atom. The Bertz CT molecular complexity index is 293. The van der Waals surface area contributed by atoms with Crippen molar-refractivity contribution < 1.29 is 9.84 Å². The summed E-state index contributed by atoms with van der Waals surface area (Å²) in [6.07, 6.45) is 0.711. The van der Waals surface area contributed by atoms with Crippen molar-refractivity contribution in [1.82, 2.24) is 0 Å². The molecule has 15 heavy (non-hydrogen) atoms. The van der Waals surface area contributed by atoms with E-state index in [0.717, 1.165) is 5.56 Å². The summed E-state index contributed by atoms with van der Waals surface area (Å²) in [5, 5.41) is 10.0. The Hall–Kier alpha value is -1.12. The highest BCUT2D eigenvalue weighted by Crippen LogP contribution is 2.20. The molecule has 0 saturated heterocycles. The first kappa shape index (κ1) is 12.0. The lowest BCUT2D eigenvalue weighted by Crippen LogP contribution is -2.23. The molecule has 0 radical (unpaired) electrons. The van der Waals surface area contributed by atoms with Crippen molar-refractivity contribution in [2.45, 2.75) is 32.2 Å². The molecule has 0 aliphatic heterocycles. The molecule has 82 valence electrons. The van der Waals surface area contributed by atoms with Crippen LogP contribution >= 0.6 is 0 Å². The van der Waals surface area contributed by atoms with Gasteiger partial charge in [0.2, 0.25) is 0 Å². The van der Waals surface area contributed by atoms with E-state index in [9.17, 15) is 5.11 Å². The van der Waals surface area contributed by atoms with Crippen molar-refractivity contribution in [3.05, 3.63) is 48.6 Å². The molecule has 1 aromatic carbocycles. The largest absolute Gasteiger partial charge is 0.385 e. The first-order valence-electron chi connectivity index (χ1n) is 5.16. The fourth-order valence-corrected chi connectivity index (χ4v) is 1.41. The van der Waals surface area contributed by atoms with Gasteiger partial charge in [0, 0.05) is 0 Å². The molecule has 0 fully saturated rings. The van der Waals surface area contributed by atoms with E-state index in [1.54, 1.807) is 6.08 Å². The number of aliphatic hydroxyl groups excluding tert-OH is 1. The van der Waals surface area contributed by atoms with E-state index in [1.165, 1.54) is 0 Å². The lowest BCUT2D eigenvalue weighted by atomic mass is 10.0. The first-order valence-corrected chi connectivity index (χ1v) is 5.16. The molecule has 0 aliphatic rings. The zero-order valence-corrected chi connectivity index (χ0v) is 9.26. The van der Waals surface area contributed by atoms with Gasteiger partial charge in [-0.2, -0.15) is 0 Å².